The van der Waals surface area contributed by atoms with Crippen LogP contribution in [0, 0.1) is 0 Å². The van der Waals surface area contributed by atoms with E-state index in [1.807, 2.05) is 11.4 Å². The SMILES string of the molecule is O=C(O)CCc1cc(CCNS(=O)(=O)c2cc(Cl)sc2Cl)cs1. The molecule has 0 bridgehead atoms. The third-order valence-corrected chi connectivity index (χ3v) is 7.17. The van der Waals surface area contributed by atoms with E-state index in [2.05, 4.69) is 4.72 Å². The van der Waals surface area contributed by atoms with Crippen molar-refractivity contribution in [2.45, 2.75) is 24.2 Å². The maximum absolute atomic E-state index is 12.1. The Labute approximate surface area is 151 Å². The summed E-state index contributed by atoms with van der Waals surface area (Å²) in [5.41, 5.74) is 0.965. The van der Waals surface area contributed by atoms with Crippen molar-refractivity contribution < 1.29 is 18.3 Å². The highest BCUT2D eigenvalue weighted by Crippen LogP contribution is 2.34. The molecule has 2 rings (SSSR count). The van der Waals surface area contributed by atoms with Crippen molar-refractivity contribution in [3.63, 3.8) is 0 Å². The molecule has 0 amide bonds. The molecule has 0 saturated carbocycles. The number of nitrogens with one attached hydrogen (secondary N) is 1. The lowest BCUT2D eigenvalue weighted by Crippen LogP contribution is -2.25. The van der Waals surface area contributed by atoms with Gasteiger partial charge in [-0.05, 0) is 35.9 Å². The molecule has 0 aliphatic rings. The minimum Gasteiger partial charge on any atom is -0.481 e. The van der Waals surface area contributed by atoms with Crippen LogP contribution in [-0.4, -0.2) is 26.0 Å². The van der Waals surface area contributed by atoms with E-state index >= 15 is 0 Å². The zero-order chi connectivity index (χ0) is 17.0. The van der Waals surface area contributed by atoms with E-state index < -0.39 is 16.0 Å². The molecule has 0 aromatic carbocycles. The van der Waals surface area contributed by atoms with Crippen LogP contribution in [0.2, 0.25) is 8.67 Å². The number of carbonyl (C=O) groups is 1. The van der Waals surface area contributed by atoms with Crippen molar-refractivity contribution >= 4 is 61.9 Å². The minimum atomic E-state index is -3.69. The summed E-state index contributed by atoms with van der Waals surface area (Å²) in [4.78, 5) is 11.5. The van der Waals surface area contributed by atoms with E-state index in [0.717, 1.165) is 21.8 Å². The zero-order valence-electron chi connectivity index (χ0n) is 11.7. The van der Waals surface area contributed by atoms with E-state index in [0.29, 0.717) is 17.2 Å². The van der Waals surface area contributed by atoms with Gasteiger partial charge in [-0.25, -0.2) is 13.1 Å². The lowest BCUT2D eigenvalue weighted by molar-refractivity contribution is -0.136. The van der Waals surface area contributed by atoms with Gasteiger partial charge in [0.25, 0.3) is 0 Å². The van der Waals surface area contributed by atoms with Crippen LogP contribution < -0.4 is 4.72 Å². The molecule has 2 aromatic rings. The van der Waals surface area contributed by atoms with Crippen LogP contribution in [0.15, 0.2) is 22.4 Å². The molecule has 0 fully saturated rings. The van der Waals surface area contributed by atoms with Crippen molar-refractivity contribution in [2.24, 2.45) is 0 Å². The normalized spacial score (nSPS) is 11.7. The standard InChI is InChI=1S/C13H13Cl2NO4S3/c14-11-6-10(13(15)22-11)23(19,20)16-4-3-8-5-9(21-7-8)1-2-12(17)18/h5-7,16H,1-4H2,(H,17,18). The number of carboxylic acid groups (broad SMARTS) is 1. The first-order chi connectivity index (χ1) is 10.8. The van der Waals surface area contributed by atoms with Crippen molar-refractivity contribution in [3.05, 3.63) is 36.6 Å². The number of hydrogen-bond donors (Lipinski definition) is 2. The molecule has 0 saturated heterocycles. The Balaban J connectivity index is 1.89. The molecule has 0 atom stereocenters. The maximum Gasteiger partial charge on any atom is 0.303 e. The van der Waals surface area contributed by atoms with Gasteiger partial charge in [0, 0.05) is 11.4 Å². The summed E-state index contributed by atoms with van der Waals surface area (Å²) < 4.78 is 27.2. The first-order valence-electron chi connectivity index (χ1n) is 6.50. The van der Waals surface area contributed by atoms with Crippen LogP contribution >= 0.6 is 45.9 Å². The quantitative estimate of drug-likeness (QED) is 0.691. The average Bonchev–Trinajstić information content (AvgIpc) is 3.03. The van der Waals surface area contributed by atoms with E-state index in [4.69, 9.17) is 28.3 Å². The predicted octanol–water partition coefficient (Wildman–Crippen LogP) is 3.65. The smallest absolute Gasteiger partial charge is 0.303 e. The summed E-state index contributed by atoms with van der Waals surface area (Å²) in [5.74, 6) is -0.834. The van der Waals surface area contributed by atoms with Gasteiger partial charge >= 0.3 is 5.97 Å². The third-order valence-electron chi connectivity index (χ3n) is 2.91. The Bertz CT molecular complexity index is 798. The molecule has 2 aromatic heterocycles. The number of carboxylic acids is 1. The van der Waals surface area contributed by atoms with Crippen LogP contribution in [0.5, 0.6) is 0 Å². The molecule has 0 aliphatic carbocycles. The second-order valence-corrected chi connectivity index (χ2v) is 9.67. The van der Waals surface area contributed by atoms with Crippen LogP contribution in [0.25, 0.3) is 0 Å². The number of halogens is 2. The fourth-order valence-electron chi connectivity index (χ4n) is 1.83. The van der Waals surface area contributed by atoms with E-state index in [-0.39, 0.29) is 22.2 Å². The number of hydrogen-bond acceptors (Lipinski definition) is 5. The molecule has 5 nitrogen and oxygen atoms in total. The third kappa shape index (κ3) is 5.44. The molecule has 0 aliphatic heterocycles. The van der Waals surface area contributed by atoms with Gasteiger partial charge < -0.3 is 5.11 Å². The van der Waals surface area contributed by atoms with Crippen LogP contribution in [0.1, 0.15) is 16.9 Å². The van der Waals surface area contributed by atoms with Gasteiger partial charge in [0.15, 0.2) is 0 Å². The fraction of sp³-hybridized carbons (Fsp3) is 0.308. The second-order valence-electron chi connectivity index (χ2n) is 4.65. The monoisotopic (exact) mass is 413 g/mol. The van der Waals surface area contributed by atoms with Gasteiger partial charge in [-0.2, -0.15) is 0 Å². The fourth-order valence-corrected chi connectivity index (χ4v) is 5.94. The average molecular weight is 414 g/mol. The highest BCUT2D eigenvalue weighted by atomic mass is 35.5. The number of aliphatic carboxylic acids is 1. The van der Waals surface area contributed by atoms with E-state index in [1.54, 1.807) is 0 Å². The molecular weight excluding hydrogens is 401 g/mol. The Morgan fingerprint density at radius 2 is 2.00 bits per heavy atom. The van der Waals surface area contributed by atoms with Gasteiger partial charge in [0.2, 0.25) is 10.0 Å². The molecule has 23 heavy (non-hydrogen) atoms. The Kier molecular flexibility index (Phi) is 6.47. The van der Waals surface area contributed by atoms with Crippen molar-refractivity contribution in [3.8, 4) is 0 Å². The zero-order valence-corrected chi connectivity index (χ0v) is 15.7. The highest BCUT2D eigenvalue weighted by molar-refractivity contribution is 7.89. The largest absolute Gasteiger partial charge is 0.481 e. The van der Waals surface area contributed by atoms with Gasteiger partial charge in [-0.3, -0.25) is 4.79 Å². The number of aryl methyl sites for hydroxylation is 1. The van der Waals surface area contributed by atoms with Gasteiger partial charge in [0.05, 0.1) is 10.8 Å². The molecule has 0 spiro atoms. The van der Waals surface area contributed by atoms with Gasteiger partial charge in [-0.1, -0.05) is 23.2 Å². The van der Waals surface area contributed by atoms with Crippen molar-refractivity contribution in [2.75, 3.05) is 6.54 Å². The topological polar surface area (TPSA) is 83.5 Å². The first kappa shape index (κ1) is 18.7. The summed E-state index contributed by atoms with van der Waals surface area (Å²) in [5, 5.41) is 10.6. The van der Waals surface area contributed by atoms with Crippen molar-refractivity contribution in [1.82, 2.24) is 4.72 Å². The first-order valence-corrected chi connectivity index (χ1v) is 10.4. The predicted molar refractivity (Wildman–Crippen MR) is 93.5 cm³/mol. The van der Waals surface area contributed by atoms with Gasteiger partial charge in [-0.15, -0.1) is 22.7 Å². The Morgan fingerprint density at radius 1 is 1.26 bits per heavy atom. The molecule has 0 unspecified atom stereocenters. The number of thiophene rings is 2. The van der Waals surface area contributed by atoms with Crippen LogP contribution in [0.4, 0.5) is 0 Å². The van der Waals surface area contributed by atoms with E-state index in [9.17, 15) is 13.2 Å². The molecule has 2 heterocycles. The Hall–Kier alpha value is -0.640. The van der Waals surface area contributed by atoms with Crippen molar-refractivity contribution in [1.29, 1.82) is 0 Å². The summed E-state index contributed by atoms with van der Waals surface area (Å²) in [7, 11) is -3.69. The highest BCUT2D eigenvalue weighted by Gasteiger charge is 2.20. The van der Waals surface area contributed by atoms with Gasteiger partial charge in [0.1, 0.15) is 9.23 Å². The second kappa shape index (κ2) is 7.96. The lowest BCUT2D eigenvalue weighted by Gasteiger charge is -2.04. The number of sulfonamides is 1. The molecule has 0 radical (unpaired) electrons. The van der Waals surface area contributed by atoms with E-state index in [1.165, 1.54) is 17.4 Å². The van der Waals surface area contributed by atoms with Crippen LogP contribution in [-0.2, 0) is 27.7 Å². The summed E-state index contributed by atoms with van der Waals surface area (Å²) >= 11 is 14.1. The molecule has 2 N–H and O–H groups in total. The molecule has 10 heteroatoms. The number of rotatable bonds is 8. The summed E-state index contributed by atoms with van der Waals surface area (Å²) in [6.07, 6.45) is 1.08. The lowest BCUT2D eigenvalue weighted by atomic mass is 10.2. The van der Waals surface area contributed by atoms with Crippen LogP contribution in [0.3, 0.4) is 0 Å². The maximum atomic E-state index is 12.1. The molecular formula is C13H13Cl2NO4S3. The summed E-state index contributed by atoms with van der Waals surface area (Å²) in [6.45, 7) is 0.223. The Morgan fingerprint density at radius 3 is 2.61 bits per heavy atom. The molecule has 126 valence electrons. The minimum absolute atomic E-state index is 0.0124. The summed E-state index contributed by atoms with van der Waals surface area (Å²) in [6, 6.07) is 3.22.